The maximum absolute atomic E-state index is 15.3. The molecule has 0 spiro atoms. The number of nitrogens with one attached hydrogen (secondary N) is 1. The number of rotatable bonds is 7. The second-order valence-corrected chi connectivity index (χ2v) is 11.1. The number of hydrogen-bond acceptors (Lipinski definition) is 5. The number of nitrogens with zero attached hydrogens (tertiary/aromatic N) is 2. The van der Waals surface area contributed by atoms with Crippen LogP contribution in [0.15, 0.2) is 66.9 Å². The minimum atomic E-state index is -1.65. The highest BCUT2D eigenvalue weighted by Crippen LogP contribution is 2.40. The van der Waals surface area contributed by atoms with Crippen molar-refractivity contribution in [3.8, 4) is 22.4 Å². The topological polar surface area (TPSA) is 97.5 Å². The van der Waals surface area contributed by atoms with E-state index in [-0.39, 0.29) is 11.6 Å². The van der Waals surface area contributed by atoms with Crippen LogP contribution in [-0.4, -0.2) is 48.3 Å². The summed E-state index contributed by atoms with van der Waals surface area (Å²) in [5, 5.41) is 2.76. The Morgan fingerprint density at radius 2 is 1.73 bits per heavy atom. The Morgan fingerprint density at radius 3 is 2.33 bits per heavy atom. The number of halogens is 1. The third-order valence-corrected chi connectivity index (χ3v) is 8.64. The van der Waals surface area contributed by atoms with E-state index in [9.17, 15) is 9.59 Å². The maximum atomic E-state index is 15.3. The van der Waals surface area contributed by atoms with Crippen molar-refractivity contribution >= 4 is 17.7 Å². The van der Waals surface area contributed by atoms with Gasteiger partial charge in [-0.25, -0.2) is 9.18 Å². The molecule has 3 N–H and O–H groups in total. The van der Waals surface area contributed by atoms with Crippen LogP contribution in [0.1, 0.15) is 50.5 Å². The minimum absolute atomic E-state index is 0.0118. The Hall–Kier alpha value is -3.78. The molecule has 8 heteroatoms. The predicted octanol–water partition coefficient (Wildman–Crippen LogP) is 6.29. The number of benzene rings is 2. The van der Waals surface area contributed by atoms with Crippen LogP contribution in [0.5, 0.6) is 0 Å². The SMILES string of the molecule is COC(=O)N(C)C1CCC(C(F)C(=O)Nc2cnc(-c3ccc(C4(N)CCC4)cc3)c(-c3ccccc3)c2)CC1. The molecule has 0 bridgehead atoms. The van der Waals surface area contributed by atoms with Gasteiger partial charge < -0.3 is 20.7 Å². The monoisotopic (exact) mass is 544 g/mol. The Labute approximate surface area is 234 Å². The molecule has 5 rings (SSSR count). The lowest BCUT2D eigenvalue weighted by Crippen LogP contribution is -2.43. The van der Waals surface area contributed by atoms with Gasteiger partial charge in [-0.1, -0.05) is 54.6 Å². The third kappa shape index (κ3) is 5.72. The van der Waals surface area contributed by atoms with E-state index in [1.165, 1.54) is 7.11 Å². The average Bonchev–Trinajstić information content (AvgIpc) is 2.99. The first-order valence-electron chi connectivity index (χ1n) is 14.0. The molecular weight excluding hydrogens is 507 g/mol. The van der Waals surface area contributed by atoms with Gasteiger partial charge in [0.25, 0.3) is 5.91 Å². The molecule has 1 unspecified atom stereocenters. The van der Waals surface area contributed by atoms with E-state index in [2.05, 4.69) is 17.4 Å². The molecule has 1 heterocycles. The first kappa shape index (κ1) is 27.8. The van der Waals surface area contributed by atoms with Crippen LogP contribution >= 0.6 is 0 Å². The number of aromatic nitrogens is 1. The minimum Gasteiger partial charge on any atom is -0.453 e. The van der Waals surface area contributed by atoms with E-state index in [1.54, 1.807) is 18.1 Å². The molecule has 7 nitrogen and oxygen atoms in total. The normalized spacial score (nSPS) is 20.6. The van der Waals surface area contributed by atoms with Gasteiger partial charge in [-0.05, 0) is 68.1 Å². The number of carbonyl (C=O) groups excluding carboxylic acids is 2. The van der Waals surface area contributed by atoms with Crippen molar-refractivity contribution < 1.29 is 18.7 Å². The molecule has 3 aromatic rings. The number of amides is 2. The number of nitrogens with two attached hydrogens (primary N) is 1. The Balaban J connectivity index is 1.31. The number of carbonyl (C=O) groups is 2. The Bertz CT molecular complexity index is 1340. The summed E-state index contributed by atoms with van der Waals surface area (Å²) >= 11 is 0. The summed E-state index contributed by atoms with van der Waals surface area (Å²) in [5.74, 6) is -1.07. The Kier molecular flexibility index (Phi) is 8.17. The first-order valence-corrected chi connectivity index (χ1v) is 14.0. The van der Waals surface area contributed by atoms with Crippen LogP contribution in [0, 0.1) is 5.92 Å². The number of anilines is 1. The molecule has 2 fully saturated rings. The van der Waals surface area contributed by atoms with Crippen molar-refractivity contribution in [1.82, 2.24) is 9.88 Å². The van der Waals surface area contributed by atoms with Crippen LogP contribution in [0.3, 0.4) is 0 Å². The number of pyridine rings is 1. The molecule has 2 amide bonds. The summed E-state index contributed by atoms with van der Waals surface area (Å²) in [4.78, 5) is 31.0. The zero-order valence-corrected chi connectivity index (χ0v) is 23.1. The quantitative estimate of drug-likeness (QED) is 0.365. The van der Waals surface area contributed by atoms with E-state index in [1.807, 2.05) is 48.5 Å². The smallest absolute Gasteiger partial charge is 0.409 e. The van der Waals surface area contributed by atoms with Gasteiger partial charge in [0.05, 0.1) is 24.7 Å². The van der Waals surface area contributed by atoms with Crippen LogP contribution < -0.4 is 11.1 Å². The van der Waals surface area contributed by atoms with Gasteiger partial charge in [-0.15, -0.1) is 0 Å². The van der Waals surface area contributed by atoms with Crippen molar-refractivity contribution in [2.75, 3.05) is 19.5 Å². The summed E-state index contributed by atoms with van der Waals surface area (Å²) in [7, 11) is 3.03. The molecule has 2 aliphatic rings. The van der Waals surface area contributed by atoms with Gasteiger partial charge in [0.15, 0.2) is 6.17 Å². The lowest BCUT2D eigenvalue weighted by atomic mass is 9.72. The summed E-state index contributed by atoms with van der Waals surface area (Å²) in [6, 6.07) is 19.9. The van der Waals surface area contributed by atoms with E-state index in [4.69, 9.17) is 15.5 Å². The first-order chi connectivity index (χ1) is 19.3. The van der Waals surface area contributed by atoms with Gasteiger partial charge in [-0.2, -0.15) is 0 Å². The average molecular weight is 545 g/mol. The molecule has 1 atom stereocenters. The molecule has 2 aromatic carbocycles. The van der Waals surface area contributed by atoms with Crippen molar-refractivity contribution in [1.29, 1.82) is 0 Å². The number of alkyl halides is 1. The van der Waals surface area contributed by atoms with E-state index in [0.717, 1.165) is 47.2 Å². The molecule has 0 radical (unpaired) electrons. The fourth-order valence-corrected chi connectivity index (χ4v) is 5.91. The van der Waals surface area contributed by atoms with Crippen molar-refractivity contribution in [3.63, 3.8) is 0 Å². The van der Waals surface area contributed by atoms with Gasteiger partial charge >= 0.3 is 6.09 Å². The largest absolute Gasteiger partial charge is 0.453 e. The lowest BCUT2D eigenvalue weighted by molar-refractivity contribution is -0.123. The second kappa shape index (κ2) is 11.8. The van der Waals surface area contributed by atoms with Gasteiger partial charge in [-0.3, -0.25) is 9.78 Å². The van der Waals surface area contributed by atoms with Gasteiger partial charge in [0, 0.05) is 29.8 Å². The maximum Gasteiger partial charge on any atom is 0.409 e. The predicted molar refractivity (Wildman–Crippen MR) is 154 cm³/mol. The van der Waals surface area contributed by atoms with Crippen LogP contribution in [0.2, 0.25) is 0 Å². The summed E-state index contributed by atoms with van der Waals surface area (Å²) in [6.07, 6.45) is 4.97. The van der Waals surface area contributed by atoms with Crippen molar-refractivity contribution in [2.24, 2.45) is 11.7 Å². The lowest BCUT2D eigenvalue weighted by Gasteiger charge is -2.38. The molecule has 2 saturated carbocycles. The van der Waals surface area contributed by atoms with Crippen LogP contribution in [-0.2, 0) is 15.1 Å². The van der Waals surface area contributed by atoms with E-state index >= 15 is 4.39 Å². The number of methoxy groups -OCH3 is 1. The van der Waals surface area contributed by atoms with E-state index in [0.29, 0.717) is 31.4 Å². The molecule has 0 saturated heterocycles. The fraction of sp³-hybridized carbons (Fsp3) is 0.406. The molecule has 2 aliphatic carbocycles. The Morgan fingerprint density at radius 1 is 1.05 bits per heavy atom. The van der Waals surface area contributed by atoms with Crippen molar-refractivity contribution in [3.05, 3.63) is 72.4 Å². The number of hydrogen-bond donors (Lipinski definition) is 2. The summed E-state index contributed by atoms with van der Waals surface area (Å²) in [6.45, 7) is 0. The summed E-state index contributed by atoms with van der Waals surface area (Å²) < 4.78 is 20.1. The van der Waals surface area contributed by atoms with Crippen LogP contribution in [0.25, 0.3) is 22.4 Å². The molecule has 1 aromatic heterocycles. The third-order valence-electron chi connectivity index (χ3n) is 8.64. The zero-order valence-electron chi connectivity index (χ0n) is 23.1. The van der Waals surface area contributed by atoms with Crippen molar-refractivity contribution in [2.45, 2.75) is 62.7 Å². The molecule has 40 heavy (non-hydrogen) atoms. The standard InChI is InChI=1S/C32H37FN4O3/c1-37(31(39)40-2)26-15-11-22(12-16-26)28(33)30(38)36-25-19-27(21-7-4-3-5-8-21)29(35-20-25)23-9-13-24(14-10-23)32(34)17-6-18-32/h3-5,7-10,13-14,19-20,22,26,28H,6,11-12,15-18,34H2,1-2H3,(H,36,38). The zero-order chi connectivity index (χ0) is 28.3. The molecular formula is C32H37FN4O3. The van der Waals surface area contributed by atoms with Gasteiger partial charge in [0.2, 0.25) is 0 Å². The van der Waals surface area contributed by atoms with E-state index < -0.39 is 24.1 Å². The highest BCUT2D eigenvalue weighted by Gasteiger charge is 2.35. The highest BCUT2D eigenvalue weighted by atomic mass is 19.1. The molecule has 0 aliphatic heterocycles. The summed E-state index contributed by atoms with van der Waals surface area (Å²) in [5.41, 5.74) is 11.4. The van der Waals surface area contributed by atoms with Crippen LogP contribution in [0.4, 0.5) is 14.9 Å². The second-order valence-electron chi connectivity index (χ2n) is 11.1. The highest BCUT2D eigenvalue weighted by molar-refractivity contribution is 5.95. The molecule has 210 valence electrons. The number of ether oxygens (including phenoxy) is 1. The van der Waals surface area contributed by atoms with Gasteiger partial charge in [0.1, 0.15) is 0 Å². The fourth-order valence-electron chi connectivity index (χ4n) is 5.91.